The highest BCUT2D eigenvalue weighted by Crippen LogP contribution is 2.08. The lowest BCUT2D eigenvalue weighted by Gasteiger charge is -2.15. The van der Waals surface area contributed by atoms with Crippen LogP contribution in [0.2, 0.25) is 0 Å². The van der Waals surface area contributed by atoms with E-state index in [-0.39, 0.29) is 31.1 Å². The summed E-state index contributed by atoms with van der Waals surface area (Å²) in [7, 11) is -1.26. The second-order valence-corrected chi connectivity index (χ2v) is 9.04. The Bertz CT molecular complexity index is 909. The van der Waals surface area contributed by atoms with Gasteiger partial charge in [0.15, 0.2) is 0 Å². The second kappa shape index (κ2) is 14.8. The molecule has 2 atom stereocenters. The molecule has 0 unspecified atom stereocenters. The van der Waals surface area contributed by atoms with E-state index < -0.39 is 28.8 Å². The minimum Gasteiger partial charge on any atom is -0.445 e. The van der Waals surface area contributed by atoms with Gasteiger partial charge in [0.25, 0.3) is 0 Å². The molecule has 178 valence electrons. The maximum atomic E-state index is 12.3. The van der Waals surface area contributed by atoms with Gasteiger partial charge in [-0.05, 0) is 37.0 Å². The minimum absolute atomic E-state index is 0.206. The number of nitrogens with two attached hydrogens (primary N) is 1. The number of alkyl carbamates (subject to hydrolysis) is 1. The summed E-state index contributed by atoms with van der Waals surface area (Å²) in [5.41, 5.74) is 6.31. The number of nitrogens with one attached hydrogen (secondary N) is 2. The van der Waals surface area contributed by atoms with Crippen molar-refractivity contribution in [2.75, 3.05) is 12.3 Å². The summed E-state index contributed by atoms with van der Waals surface area (Å²) in [5, 5.41) is 5.30. The Hall–Kier alpha value is -3.20. The lowest BCUT2D eigenvalue weighted by atomic mass is 10.1. The Balaban J connectivity index is 1.56. The van der Waals surface area contributed by atoms with Gasteiger partial charge in [-0.1, -0.05) is 55.0 Å². The average Bonchev–Trinajstić information content (AvgIpc) is 2.83. The molecule has 4 N–H and O–H groups in total. The van der Waals surface area contributed by atoms with Crippen LogP contribution >= 0.6 is 0 Å². The van der Waals surface area contributed by atoms with E-state index in [4.69, 9.17) is 10.5 Å². The lowest BCUT2D eigenvalue weighted by Crippen LogP contribution is -2.45. The average molecular weight is 474 g/mol. The molecule has 8 nitrogen and oxygen atoms in total. The Morgan fingerprint density at radius 1 is 0.939 bits per heavy atom. The van der Waals surface area contributed by atoms with Crippen LogP contribution in [0.25, 0.3) is 0 Å². The molecule has 2 aromatic carbocycles. The predicted molar refractivity (Wildman–Crippen MR) is 127 cm³/mol. The van der Waals surface area contributed by atoms with Crippen LogP contribution in [0.3, 0.4) is 0 Å². The highest BCUT2D eigenvalue weighted by Gasteiger charge is 2.19. The molecular formula is C24H31N3O5S. The molecule has 0 saturated carbocycles. The Kier molecular flexibility index (Phi) is 11.7. The molecule has 9 heteroatoms. The van der Waals surface area contributed by atoms with E-state index in [1.165, 1.54) is 0 Å². The summed E-state index contributed by atoms with van der Waals surface area (Å²) in [6.07, 6.45) is 2.00. The van der Waals surface area contributed by atoms with E-state index in [0.717, 1.165) is 12.0 Å². The molecule has 2 rings (SSSR count). The standard InChI is InChI=1S/C24H31N3O5S/c25-23(29)21(15-17-33(31)20-12-6-2-7-13-20)27-22(28)14-8-3-9-16-26-24(30)32-18-19-10-4-1-5-11-19/h1-2,4-7,10-13,21H,3,8-9,14-18H2,(H2,25,29)(H,26,30)(H,27,28)/t21-,33+/m1/s1. The zero-order chi connectivity index (χ0) is 23.9. The first-order valence-electron chi connectivity index (χ1n) is 10.9. The van der Waals surface area contributed by atoms with Crippen molar-refractivity contribution in [3.05, 3.63) is 66.2 Å². The van der Waals surface area contributed by atoms with Crippen molar-refractivity contribution in [2.45, 2.75) is 49.6 Å². The number of amides is 3. The van der Waals surface area contributed by atoms with Crippen LogP contribution in [0.4, 0.5) is 4.79 Å². The fourth-order valence-corrected chi connectivity index (χ4v) is 4.17. The number of primary amides is 1. The van der Waals surface area contributed by atoms with Gasteiger partial charge in [-0.2, -0.15) is 0 Å². The summed E-state index contributed by atoms with van der Waals surface area (Å²) in [4.78, 5) is 36.2. The van der Waals surface area contributed by atoms with Crippen LogP contribution < -0.4 is 16.4 Å². The predicted octanol–water partition coefficient (Wildman–Crippen LogP) is 2.64. The number of rotatable bonds is 14. The van der Waals surface area contributed by atoms with Crippen LogP contribution in [0.5, 0.6) is 0 Å². The number of hydrogen-bond acceptors (Lipinski definition) is 5. The van der Waals surface area contributed by atoms with Gasteiger partial charge in [0, 0.05) is 23.6 Å². The Morgan fingerprint density at radius 2 is 1.61 bits per heavy atom. The topological polar surface area (TPSA) is 128 Å². The molecule has 0 fully saturated rings. The first kappa shape index (κ1) is 26.1. The molecule has 0 saturated heterocycles. The van der Waals surface area contributed by atoms with Crippen molar-refractivity contribution in [1.82, 2.24) is 10.6 Å². The Labute approximate surface area is 196 Å². The number of hydrogen-bond donors (Lipinski definition) is 3. The van der Waals surface area contributed by atoms with Crippen LogP contribution in [-0.2, 0) is 31.7 Å². The fourth-order valence-electron chi connectivity index (χ4n) is 3.02. The third-order valence-electron chi connectivity index (χ3n) is 4.84. The quantitative estimate of drug-likeness (QED) is 0.364. The van der Waals surface area contributed by atoms with Crippen molar-refractivity contribution < 1.29 is 23.3 Å². The van der Waals surface area contributed by atoms with Crippen molar-refractivity contribution in [2.24, 2.45) is 5.73 Å². The third-order valence-corrected chi connectivity index (χ3v) is 6.24. The molecule has 0 aromatic heterocycles. The van der Waals surface area contributed by atoms with E-state index in [2.05, 4.69) is 10.6 Å². The van der Waals surface area contributed by atoms with Gasteiger partial charge < -0.3 is 21.1 Å². The molecule has 2 aromatic rings. The maximum Gasteiger partial charge on any atom is 0.407 e. The van der Waals surface area contributed by atoms with Gasteiger partial charge in [0.2, 0.25) is 11.8 Å². The second-order valence-electron chi connectivity index (χ2n) is 7.47. The van der Waals surface area contributed by atoms with E-state index in [0.29, 0.717) is 24.3 Å². The third kappa shape index (κ3) is 10.8. The van der Waals surface area contributed by atoms with E-state index in [1.807, 2.05) is 36.4 Å². The van der Waals surface area contributed by atoms with Gasteiger partial charge in [-0.15, -0.1) is 0 Å². The summed E-state index contributed by atoms with van der Waals surface area (Å²) in [6, 6.07) is 17.5. The number of ether oxygens (including phenoxy) is 1. The van der Waals surface area contributed by atoms with Gasteiger partial charge in [0.05, 0.1) is 10.8 Å². The molecule has 0 heterocycles. The maximum absolute atomic E-state index is 12.3. The molecule has 0 aliphatic rings. The fraction of sp³-hybridized carbons (Fsp3) is 0.375. The molecule has 0 spiro atoms. The van der Waals surface area contributed by atoms with Crippen molar-refractivity contribution in [3.63, 3.8) is 0 Å². The molecular weight excluding hydrogens is 442 g/mol. The molecule has 3 amide bonds. The van der Waals surface area contributed by atoms with E-state index in [9.17, 15) is 18.6 Å². The molecule has 33 heavy (non-hydrogen) atoms. The van der Waals surface area contributed by atoms with Gasteiger partial charge >= 0.3 is 6.09 Å². The monoisotopic (exact) mass is 473 g/mol. The summed E-state index contributed by atoms with van der Waals surface area (Å²) >= 11 is 0. The molecule has 0 bridgehead atoms. The minimum atomic E-state index is -1.26. The summed E-state index contributed by atoms with van der Waals surface area (Å²) < 4.78 is 17.4. The van der Waals surface area contributed by atoms with Crippen molar-refractivity contribution in [1.29, 1.82) is 0 Å². The van der Waals surface area contributed by atoms with Gasteiger partial charge in [-0.25, -0.2) is 4.79 Å². The highest BCUT2D eigenvalue weighted by molar-refractivity contribution is 7.85. The van der Waals surface area contributed by atoms with Crippen molar-refractivity contribution in [3.8, 4) is 0 Å². The highest BCUT2D eigenvalue weighted by atomic mass is 32.2. The molecule has 0 aliphatic carbocycles. The van der Waals surface area contributed by atoms with Gasteiger partial charge in [-0.3, -0.25) is 13.8 Å². The molecule has 0 aliphatic heterocycles. The molecule has 0 radical (unpaired) electrons. The Morgan fingerprint density at radius 3 is 2.27 bits per heavy atom. The zero-order valence-electron chi connectivity index (χ0n) is 18.5. The number of unbranched alkanes of at least 4 members (excludes halogenated alkanes) is 2. The lowest BCUT2D eigenvalue weighted by molar-refractivity contribution is -0.127. The van der Waals surface area contributed by atoms with Gasteiger partial charge in [0.1, 0.15) is 12.6 Å². The van der Waals surface area contributed by atoms with Crippen LogP contribution in [0.1, 0.15) is 37.7 Å². The van der Waals surface area contributed by atoms with E-state index >= 15 is 0 Å². The van der Waals surface area contributed by atoms with E-state index in [1.54, 1.807) is 24.3 Å². The smallest absolute Gasteiger partial charge is 0.407 e. The summed E-state index contributed by atoms with van der Waals surface area (Å²) in [6.45, 7) is 0.664. The largest absolute Gasteiger partial charge is 0.445 e. The van der Waals surface area contributed by atoms with Crippen LogP contribution in [0, 0.1) is 0 Å². The normalized spacial score (nSPS) is 12.4. The first-order valence-corrected chi connectivity index (χ1v) is 12.2. The number of benzene rings is 2. The van der Waals surface area contributed by atoms with Crippen molar-refractivity contribution >= 4 is 28.7 Å². The van der Waals surface area contributed by atoms with Crippen LogP contribution in [0.15, 0.2) is 65.6 Å². The first-order chi connectivity index (χ1) is 16.0. The van der Waals surface area contributed by atoms with Crippen LogP contribution in [-0.4, -0.2) is 40.5 Å². The number of carbonyl (C=O) groups is 3. The summed E-state index contributed by atoms with van der Waals surface area (Å²) in [5.74, 6) is -0.699. The zero-order valence-corrected chi connectivity index (χ0v) is 19.4. The number of carbonyl (C=O) groups excluding carboxylic acids is 3. The SMILES string of the molecule is NC(=O)[C@@H](CC[S@](=O)c1ccccc1)NC(=O)CCCCCNC(=O)OCc1ccccc1.